The summed E-state index contributed by atoms with van der Waals surface area (Å²) in [6.45, 7) is 3.13. The molecule has 0 radical (unpaired) electrons. The average molecular weight is 281 g/mol. The third-order valence-corrected chi connectivity index (χ3v) is 3.35. The second-order valence-electron chi connectivity index (χ2n) is 4.66. The standard InChI is InChI=1S/C15H23NO4/c1-17-13-4-3-5-14(18-2)15(13)20-11-10-19-12-6-8-16-9-7-12/h3-5,12,16H,6-11H2,1-2H3. The summed E-state index contributed by atoms with van der Waals surface area (Å²) in [6.07, 6.45) is 2.48. The topological polar surface area (TPSA) is 49.0 Å². The highest BCUT2D eigenvalue weighted by molar-refractivity contribution is 5.51. The Labute approximate surface area is 120 Å². The Morgan fingerprint density at radius 3 is 2.30 bits per heavy atom. The van der Waals surface area contributed by atoms with Gasteiger partial charge in [0.05, 0.1) is 26.9 Å². The van der Waals surface area contributed by atoms with Crippen molar-refractivity contribution in [1.29, 1.82) is 0 Å². The fourth-order valence-corrected chi connectivity index (χ4v) is 2.28. The summed E-state index contributed by atoms with van der Waals surface area (Å²) < 4.78 is 22.1. The van der Waals surface area contributed by atoms with Crippen molar-refractivity contribution in [2.45, 2.75) is 18.9 Å². The van der Waals surface area contributed by atoms with Gasteiger partial charge in [0.15, 0.2) is 11.5 Å². The largest absolute Gasteiger partial charge is 0.493 e. The molecule has 1 N–H and O–H groups in total. The number of rotatable bonds is 7. The van der Waals surface area contributed by atoms with E-state index in [1.54, 1.807) is 14.2 Å². The third-order valence-electron chi connectivity index (χ3n) is 3.35. The predicted molar refractivity (Wildman–Crippen MR) is 76.9 cm³/mol. The van der Waals surface area contributed by atoms with E-state index in [0.717, 1.165) is 25.9 Å². The number of piperidine rings is 1. The summed E-state index contributed by atoms with van der Waals surface area (Å²) in [5.41, 5.74) is 0. The molecule has 5 nitrogen and oxygen atoms in total. The molecule has 1 aliphatic heterocycles. The minimum absolute atomic E-state index is 0.347. The molecule has 0 amide bonds. The molecule has 20 heavy (non-hydrogen) atoms. The van der Waals surface area contributed by atoms with Crippen LogP contribution in [0.3, 0.4) is 0 Å². The van der Waals surface area contributed by atoms with Crippen LogP contribution in [-0.4, -0.2) is 46.6 Å². The lowest BCUT2D eigenvalue weighted by molar-refractivity contribution is 0.0161. The first-order chi connectivity index (χ1) is 9.85. The summed E-state index contributed by atoms with van der Waals surface area (Å²) in [4.78, 5) is 0. The van der Waals surface area contributed by atoms with Gasteiger partial charge in [-0.05, 0) is 38.1 Å². The molecule has 5 heteroatoms. The lowest BCUT2D eigenvalue weighted by Crippen LogP contribution is -2.33. The monoisotopic (exact) mass is 281 g/mol. The molecule has 0 spiro atoms. The van der Waals surface area contributed by atoms with Gasteiger partial charge >= 0.3 is 0 Å². The van der Waals surface area contributed by atoms with Crippen molar-refractivity contribution in [3.63, 3.8) is 0 Å². The zero-order chi connectivity index (χ0) is 14.2. The predicted octanol–water partition coefficient (Wildman–Crippen LogP) is 1.85. The maximum Gasteiger partial charge on any atom is 0.203 e. The van der Waals surface area contributed by atoms with E-state index < -0.39 is 0 Å². The van der Waals surface area contributed by atoms with Crippen LogP contribution in [0.5, 0.6) is 17.2 Å². The van der Waals surface area contributed by atoms with Crippen LogP contribution in [0.2, 0.25) is 0 Å². The maximum absolute atomic E-state index is 5.81. The Hall–Kier alpha value is -1.46. The molecular formula is C15H23NO4. The molecule has 1 fully saturated rings. The lowest BCUT2D eigenvalue weighted by Gasteiger charge is -2.23. The van der Waals surface area contributed by atoms with Crippen LogP contribution >= 0.6 is 0 Å². The normalized spacial score (nSPS) is 15.9. The number of benzene rings is 1. The van der Waals surface area contributed by atoms with Gasteiger partial charge in [0, 0.05) is 0 Å². The Bertz CT molecular complexity index is 383. The van der Waals surface area contributed by atoms with E-state index in [9.17, 15) is 0 Å². The van der Waals surface area contributed by atoms with Gasteiger partial charge in [-0.2, -0.15) is 0 Å². The molecule has 1 heterocycles. The Morgan fingerprint density at radius 1 is 1.05 bits per heavy atom. The van der Waals surface area contributed by atoms with E-state index in [-0.39, 0.29) is 0 Å². The van der Waals surface area contributed by atoms with Crippen LogP contribution in [0.1, 0.15) is 12.8 Å². The molecule has 1 saturated heterocycles. The van der Waals surface area contributed by atoms with Crippen LogP contribution in [0.25, 0.3) is 0 Å². The van der Waals surface area contributed by atoms with Gasteiger partial charge in [-0.25, -0.2) is 0 Å². The quantitative estimate of drug-likeness (QED) is 0.773. The van der Waals surface area contributed by atoms with E-state index >= 15 is 0 Å². The molecule has 0 saturated carbocycles. The van der Waals surface area contributed by atoms with Gasteiger partial charge in [-0.15, -0.1) is 0 Å². The smallest absolute Gasteiger partial charge is 0.203 e. The van der Waals surface area contributed by atoms with Gasteiger partial charge in [-0.3, -0.25) is 0 Å². The number of methoxy groups -OCH3 is 2. The minimum atomic E-state index is 0.347. The number of hydrogen-bond acceptors (Lipinski definition) is 5. The molecule has 0 atom stereocenters. The number of ether oxygens (including phenoxy) is 4. The summed E-state index contributed by atoms with van der Waals surface area (Å²) in [5, 5.41) is 3.32. The first kappa shape index (κ1) is 14.9. The van der Waals surface area contributed by atoms with Crippen molar-refractivity contribution in [3.05, 3.63) is 18.2 Å². The number of nitrogens with one attached hydrogen (secondary N) is 1. The Morgan fingerprint density at radius 2 is 1.70 bits per heavy atom. The average Bonchev–Trinajstić information content (AvgIpc) is 2.52. The van der Waals surface area contributed by atoms with Gasteiger partial charge in [-0.1, -0.05) is 6.07 Å². The van der Waals surface area contributed by atoms with E-state index in [0.29, 0.717) is 36.6 Å². The first-order valence-corrected chi connectivity index (χ1v) is 7.01. The third kappa shape index (κ3) is 4.02. The minimum Gasteiger partial charge on any atom is -0.493 e. The van der Waals surface area contributed by atoms with Crippen molar-refractivity contribution in [1.82, 2.24) is 5.32 Å². The molecule has 1 aromatic carbocycles. The second-order valence-corrected chi connectivity index (χ2v) is 4.66. The first-order valence-electron chi connectivity index (χ1n) is 7.01. The summed E-state index contributed by atoms with van der Waals surface area (Å²) in [5.74, 6) is 1.98. The van der Waals surface area contributed by atoms with Crippen LogP contribution in [-0.2, 0) is 4.74 Å². The van der Waals surface area contributed by atoms with Crippen LogP contribution < -0.4 is 19.5 Å². The van der Waals surface area contributed by atoms with Crippen LogP contribution in [0.4, 0.5) is 0 Å². The zero-order valence-electron chi connectivity index (χ0n) is 12.2. The fourth-order valence-electron chi connectivity index (χ4n) is 2.28. The molecule has 0 aliphatic carbocycles. The molecule has 0 unspecified atom stereocenters. The zero-order valence-corrected chi connectivity index (χ0v) is 12.2. The summed E-state index contributed by atoms with van der Waals surface area (Å²) in [7, 11) is 3.24. The Balaban J connectivity index is 1.81. The van der Waals surface area contributed by atoms with Crippen molar-refractivity contribution < 1.29 is 18.9 Å². The van der Waals surface area contributed by atoms with E-state index in [2.05, 4.69) is 5.32 Å². The van der Waals surface area contributed by atoms with Gasteiger partial charge < -0.3 is 24.3 Å². The van der Waals surface area contributed by atoms with Crippen molar-refractivity contribution in [2.24, 2.45) is 0 Å². The molecule has 1 aliphatic rings. The van der Waals surface area contributed by atoms with Crippen LogP contribution in [0.15, 0.2) is 18.2 Å². The fraction of sp³-hybridized carbons (Fsp3) is 0.600. The van der Waals surface area contributed by atoms with E-state index in [1.165, 1.54) is 0 Å². The lowest BCUT2D eigenvalue weighted by atomic mass is 10.1. The molecule has 2 rings (SSSR count). The highest BCUT2D eigenvalue weighted by Crippen LogP contribution is 2.36. The maximum atomic E-state index is 5.81. The summed E-state index contributed by atoms with van der Waals surface area (Å²) in [6, 6.07) is 5.58. The van der Waals surface area contributed by atoms with E-state index in [1.807, 2.05) is 18.2 Å². The molecule has 112 valence electrons. The molecule has 0 aromatic heterocycles. The van der Waals surface area contributed by atoms with Crippen molar-refractivity contribution >= 4 is 0 Å². The molecule has 0 bridgehead atoms. The highest BCUT2D eigenvalue weighted by Gasteiger charge is 2.14. The number of para-hydroxylation sites is 1. The second kappa shape index (κ2) is 7.97. The van der Waals surface area contributed by atoms with E-state index in [4.69, 9.17) is 18.9 Å². The summed E-state index contributed by atoms with van der Waals surface area (Å²) >= 11 is 0. The highest BCUT2D eigenvalue weighted by atomic mass is 16.6. The van der Waals surface area contributed by atoms with Crippen LogP contribution in [0, 0.1) is 0 Å². The number of hydrogen-bond donors (Lipinski definition) is 1. The molecular weight excluding hydrogens is 258 g/mol. The van der Waals surface area contributed by atoms with Gasteiger partial charge in [0.25, 0.3) is 0 Å². The van der Waals surface area contributed by atoms with Crippen molar-refractivity contribution in [2.75, 3.05) is 40.5 Å². The van der Waals surface area contributed by atoms with Gasteiger partial charge in [0.1, 0.15) is 6.61 Å². The SMILES string of the molecule is COc1cccc(OC)c1OCCOC1CCNCC1. The van der Waals surface area contributed by atoms with Gasteiger partial charge in [0.2, 0.25) is 5.75 Å². The Kier molecular flexibility index (Phi) is 5.95. The molecule has 1 aromatic rings. The van der Waals surface area contributed by atoms with Crippen molar-refractivity contribution in [3.8, 4) is 17.2 Å².